The van der Waals surface area contributed by atoms with Crippen molar-refractivity contribution in [1.29, 1.82) is 0 Å². The minimum Gasteiger partial charge on any atom is -0.324 e. The molecule has 2 amide bonds. The van der Waals surface area contributed by atoms with E-state index < -0.39 is 5.92 Å². The molecule has 1 N–H and O–H groups in total. The van der Waals surface area contributed by atoms with Crippen LogP contribution in [-0.4, -0.2) is 18.4 Å². The highest BCUT2D eigenvalue weighted by Crippen LogP contribution is 2.32. The molecule has 0 saturated carbocycles. The van der Waals surface area contributed by atoms with E-state index in [1.165, 1.54) is 0 Å². The molecule has 1 saturated heterocycles. The number of carbonyl (C=O) groups is 2. The van der Waals surface area contributed by atoms with Crippen LogP contribution < -0.4 is 10.2 Å². The van der Waals surface area contributed by atoms with Gasteiger partial charge in [-0.05, 0) is 30.3 Å². The number of para-hydroxylation sites is 1. The topological polar surface area (TPSA) is 49.4 Å². The molecular formula is C17H13BrCl2N2O2. The third-order valence-corrected chi connectivity index (χ3v) is 4.95. The van der Waals surface area contributed by atoms with Crippen LogP contribution in [0.4, 0.5) is 11.4 Å². The summed E-state index contributed by atoms with van der Waals surface area (Å²) in [7, 11) is 0. The molecule has 1 heterocycles. The molecule has 0 aromatic heterocycles. The van der Waals surface area contributed by atoms with E-state index in [0.717, 1.165) is 4.47 Å². The van der Waals surface area contributed by atoms with Gasteiger partial charge in [0.1, 0.15) is 0 Å². The van der Waals surface area contributed by atoms with Gasteiger partial charge in [-0.2, -0.15) is 0 Å². The monoisotopic (exact) mass is 426 g/mol. The Bertz CT molecular complexity index is 813. The van der Waals surface area contributed by atoms with Crippen LogP contribution in [0.1, 0.15) is 6.42 Å². The van der Waals surface area contributed by atoms with Crippen molar-refractivity contribution in [3.8, 4) is 0 Å². The summed E-state index contributed by atoms with van der Waals surface area (Å²) in [6.07, 6.45) is 0.144. The lowest BCUT2D eigenvalue weighted by molar-refractivity contribution is -0.122. The summed E-state index contributed by atoms with van der Waals surface area (Å²) in [4.78, 5) is 26.3. The fourth-order valence-electron chi connectivity index (χ4n) is 2.61. The Labute approximate surface area is 157 Å². The standard InChI is InChI=1S/C17H13BrCl2N2O2/c18-11-5-6-14(13(20)8-11)21-17(24)10-7-16(23)22(9-10)15-4-2-1-3-12(15)19/h1-6,8,10H,7,9H2,(H,21,24)/t10-/m1/s1. The van der Waals surface area contributed by atoms with Crippen LogP contribution in [-0.2, 0) is 9.59 Å². The molecule has 7 heteroatoms. The molecule has 1 fully saturated rings. The first kappa shape index (κ1) is 17.3. The molecule has 1 atom stereocenters. The van der Waals surface area contributed by atoms with Gasteiger partial charge in [-0.25, -0.2) is 0 Å². The Kier molecular flexibility index (Phi) is 5.13. The van der Waals surface area contributed by atoms with E-state index in [1.807, 2.05) is 6.07 Å². The molecule has 1 aliphatic rings. The van der Waals surface area contributed by atoms with Crippen LogP contribution in [0.5, 0.6) is 0 Å². The van der Waals surface area contributed by atoms with Crippen molar-refractivity contribution in [2.45, 2.75) is 6.42 Å². The Morgan fingerprint density at radius 3 is 2.62 bits per heavy atom. The molecule has 1 aliphatic heterocycles. The second kappa shape index (κ2) is 7.13. The minimum absolute atomic E-state index is 0.120. The van der Waals surface area contributed by atoms with Crippen molar-refractivity contribution in [2.75, 3.05) is 16.8 Å². The number of anilines is 2. The molecule has 0 unspecified atom stereocenters. The van der Waals surface area contributed by atoms with Crippen molar-refractivity contribution >= 4 is 62.3 Å². The first-order valence-corrected chi connectivity index (χ1v) is 8.81. The molecular weight excluding hydrogens is 415 g/mol. The van der Waals surface area contributed by atoms with Gasteiger partial charge in [0, 0.05) is 17.4 Å². The van der Waals surface area contributed by atoms with Gasteiger partial charge in [0.05, 0.1) is 27.3 Å². The van der Waals surface area contributed by atoms with E-state index >= 15 is 0 Å². The number of nitrogens with zero attached hydrogens (tertiary/aromatic N) is 1. The molecule has 4 nitrogen and oxygen atoms in total. The number of hydrogen-bond donors (Lipinski definition) is 1. The second-order valence-corrected chi connectivity index (χ2v) is 7.20. The van der Waals surface area contributed by atoms with Crippen molar-refractivity contribution in [2.24, 2.45) is 5.92 Å². The van der Waals surface area contributed by atoms with Gasteiger partial charge in [-0.15, -0.1) is 0 Å². The summed E-state index contributed by atoms with van der Waals surface area (Å²) in [5.41, 5.74) is 1.15. The van der Waals surface area contributed by atoms with Gasteiger partial charge >= 0.3 is 0 Å². The quantitative estimate of drug-likeness (QED) is 0.768. The maximum Gasteiger partial charge on any atom is 0.229 e. The summed E-state index contributed by atoms with van der Waals surface area (Å²) in [6.45, 7) is 0.294. The van der Waals surface area contributed by atoms with Crippen molar-refractivity contribution < 1.29 is 9.59 Å². The molecule has 0 bridgehead atoms. The molecule has 2 aromatic carbocycles. The SMILES string of the molecule is O=C(Nc1ccc(Br)cc1Cl)[C@@H]1CC(=O)N(c2ccccc2Cl)C1. The number of benzene rings is 2. The number of carbonyl (C=O) groups excluding carboxylic acids is 2. The lowest BCUT2D eigenvalue weighted by Crippen LogP contribution is -2.28. The Balaban J connectivity index is 1.73. The van der Waals surface area contributed by atoms with Crippen molar-refractivity contribution in [1.82, 2.24) is 0 Å². The average Bonchev–Trinajstić information content (AvgIpc) is 2.92. The summed E-state index contributed by atoms with van der Waals surface area (Å²) < 4.78 is 0.825. The zero-order chi connectivity index (χ0) is 17.3. The summed E-state index contributed by atoms with van der Waals surface area (Å²) in [5, 5.41) is 3.71. The van der Waals surface area contributed by atoms with E-state index in [9.17, 15) is 9.59 Å². The highest BCUT2D eigenvalue weighted by molar-refractivity contribution is 9.10. The molecule has 3 rings (SSSR count). The minimum atomic E-state index is -0.450. The Morgan fingerprint density at radius 2 is 1.92 bits per heavy atom. The summed E-state index contributed by atoms with van der Waals surface area (Å²) in [6, 6.07) is 12.3. The molecule has 0 spiro atoms. The zero-order valence-corrected chi connectivity index (χ0v) is 15.5. The van der Waals surface area contributed by atoms with E-state index in [-0.39, 0.29) is 18.2 Å². The lowest BCUT2D eigenvalue weighted by Gasteiger charge is -2.18. The molecule has 0 aliphatic carbocycles. The molecule has 2 aromatic rings. The largest absolute Gasteiger partial charge is 0.324 e. The van der Waals surface area contributed by atoms with E-state index in [0.29, 0.717) is 28.0 Å². The van der Waals surface area contributed by atoms with Gasteiger partial charge < -0.3 is 10.2 Å². The molecule has 0 radical (unpaired) electrons. The highest BCUT2D eigenvalue weighted by Gasteiger charge is 2.36. The fraction of sp³-hybridized carbons (Fsp3) is 0.176. The maximum atomic E-state index is 12.5. The Hall–Kier alpha value is -1.56. The Morgan fingerprint density at radius 1 is 1.17 bits per heavy atom. The summed E-state index contributed by atoms with van der Waals surface area (Å²) >= 11 is 15.6. The average molecular weight is 428 g/mol. The van der Waals surface area contributed by atoms with Crippen LogP contribution >= 0.6 is 39.1 Å². The zero-order valence-electron chi connectivity index (χ0n) is 12.4. The van der Waals surface area contributed by atoms with Crippen LogP contribution in [0.15, 0.2) is 46.9 Å². The van der Waals surface area contributed by atoms with E-state index in [2.05, 4.69) is 21.2 Å². The molecule has 124 valence electrons. The van der Waals surface area contributed by atoms with Crippen LogP contribution in [0.2, 0.25) is 10.0 Å². The summed E-state index contributed by atoms with van der Waals surface area (Å²) in [5.74, 6) is -0.805. The number of halogens is 3. The smallest absolute Gasteiger partial charge is 0.229 e. The third-order valence-electron chi connectivity index (χ3n) is 3.83. The van der Waals surface area contributed by atoms with Crippen LogP contribution in [0.25, 0.3) is 0 Å². The van der Waals surface area contributed by atoms with Crippen LogP contribution in [0, 0.1) is 5.92 Å². The first-order valence-electron chi connectivity index (χ1n) is 7.26. The van der Waals surface area contributed by atoms with Gasteiger partial charge in [-0.1, -0.05) is 51.3 Å². The van der Waals surface area contributed by atoms with Gasteiger partial charge in [0.15, 0.2) is 0 Å². The van der Waals surface area contributed by atoms with Crippen LogP contribution in [0.3, 0.4) is 0 Å². The number of hydrogen-bond acceptors (Lipinski definition) is 2. The number of nitrogens with one attached hydrogen (secondary N) is 1. The predicted molar refractivity (Wildman–Crippen MR) is 99.7 cm³/mol. The second-order valence-electron chi connectivity index (χ2n) is 5.47. The third kappa shape index (κ3) is 3.58. The van der Waals surface area contributed by atoms with Gasteiger partial charge in [0.25, 0.3) is 0 Å². The number of amides is 2. The number of rotatable bonds is 3. The van der Waals surface area contributed by atoms with Crippen molar-refractivity contribution in [3.63, 3.8) is 0 Å². The lowest BCUT2D eigenvalue weighted by atomic mass is 10.1. The van der Waals surface area contributed by atoms with Gasteiger partial charge in [0.2, 0.25) is 11.8 Å². The fourth-order valence-corrected chi connectivity index (χ4v) is 3.57. The normalized spacial score (nSPS) is 17.2. The van der Waals surface area contributed by atoms with Gasteiger partial charge in [-0.3, -0.25) is 9.59 Å². The van der Waals surface area contributed by atoms with E-state index in [4.69, 9.17) is 23.2 Å². The maximum absolute atomic E-state index is 12.5. The predicted octanol–water partition coefficient (Wildman–Crippen LogP) is 4.75. The van der Waals surface area contributed by atoms with E-state index in [1.54, 1.807) is 41.3 Å². The van der Waals surface area contributed by atoms with Crippen molar-refractivity contribution in [3.05, 3.63) is 57.0 Å². The first-order chi connectivity index (χ1) is 11.5. The molecule has 24 heavy (non-hydrogen) atoms. The highest BCUT2D eigenvalue weighted by atomic mass is 79.9.